The molecule has 0 fully saturated rings. The molecular formula is C10H14N2O2. The van der Waals surface area contributed by atoms with Gasteiger partial charge in [0, 0.05) is 25.9 Å². The van der Waals surface area contributed by atoms with Crippen LogP contribution in [-0.4, -0.2) is 36.5 Å². The van der Waals surface area contributed by atoms with Gasteiger partial charge in [-0.05, 0) is 13.0 Å². The minimum absolute atomic E-state index is 0.0253. The van der Waals surface area contributed by atoms with Crippen LogP contribution in [0.25, 0.3) is 0 Å². The van der Waals surface area contributed by atoms with Crippen LogP contribution in [0.5, 0.6) is 5.88 Å². The van der Waals surface area contributed by atoms with E-state index in [1.54, 1.807) is 31.2 Å². The van der Waals surface area contributed by atoms with Gasteiger partial charge in [-0.3, -0.25) is 4.79 Å². The number of nitrogens with zero attached hydrogens (tertiary/aromatic N) is 2. The Morgan fingerprint density at radius 2 is 2.29 bits per heavy atom. The highest BCUT2D eigenvalue weighted by Gasteiger charge is 2.09. The lowest BCUT2D eigenvalue weighted by Gasteiger charge is -2.13. The molecule has 1 aromatic rings. The lowest BCUT2D eigenvalue weighted by molar-refractivity contribution is 0.0802. The lowest BCUT2D eigenvalue weighted by atomic mass is 10.2. The molecule has 1 heterocycles. The average Bonchev–Trinajstić information content (AvgIpc) is 2.27. The van der Waals surface area contributed by atoms with Gasteiger partial charge in [-0.2, -0.15) is 0 Å². The molecule has 0 saturated carbocycles. The summed E-state index contributed by atoms with van der Waals surface area (Å²) in [5, 5.41) is 0. The highest BCUT2D eigenvalue weighted by molar-refractivity contribution is 5.93. The van der Waals surface area contributed by atoms with Gasteiger partial charge in [-0.1, -0.05) is 0 Å². The normalized spacial score (nSPS) is 9.64. The number of hydrogen-bond donors (Lipinski definition) is 0. The molecule has 0 unspecified atom stereocenters. The van der Waals surface area contributed by atoms with Gasteiger partial charge in [0.15, 0.2) is 0 Å². The van der Waals surface area contributed by atoms with Gasteiger partial charge in [-0.25, -0.2) is 4.98 Å². The molecule has 0 N–H and O–H groups in total. The molecule has 1 amide bonds. The standard InChI is InChI=1S/C10H14N2O2/c1-4-12(2)10(13)8-5-6-9(14-3)11-7-8/h5-7H,4H2,1-3H3. The Labute approximate surface area is 83.5 Å². The molecule has 0 aliphatic heterocycles. The van der Waals surface area contributed by atoms with Gasteiger partial charge in [0.05, 0.1) is 12.7 Å². The number of methoxy groups -OCH3 is 1. The van der Waals surface area contributed by atoms with Crippen LogP contribution in [0.4, 0.5) is 0 Å². The first kappa shape index (κ1) is 10.5. The molecule has 4 heteroatoms. The van der Waals surface area contributed by atoms with Crippen molar-refractivity contribution >= 4 is 5.91 Å². The molecule has 0 bridgehead atoms. The number of ether oxygens (including phenoxy) is 1. The van der Waals surface area contributed by atoms with E-state index in [9.17, 15) is 4.79 Å². The SMILES string of the molecule is CCN(C)C(=O)c1ccc(OC)nc1. The minimum Gasteiger partial charge on any atom is -0.481 e. The van der Waals surface area contributed by atoms with Crippen molar-refractivity contribution in [3.05, 3.63) is 23.9 Å². The van der Waals surface area contributed by atoms with E-state index >= 15 is 0 Å². The molecule has 0 aliphatic carbocycles. The fourth-order valence-corrected chi connectivity index (χ4v) is 0.992. The van der Waals surface area contributed by atoms with E-state index < -0.39 is 0 Å². The molecule has 1 rings (SSSR count). The summed E-state index contributed by atoms with van der Waals surface area (Å²) in [7, 11) is 3.30. The second-order valence-corrected chi connectivity index (χ2v) is 2.91. The van der Waals surface area contributed by atoms with Crippen molar-refractivity contribution in [3.63, 3.8) is 0 Å². The third-order valence-electron chi connectivity index (χ3n) is 2.01. The van der Waals surface area contributed by atoms with Crippen molar-refractivity contribution in [2.45, 2.75) is 6.92 Å². The van der Waals surface area contributed by atoms with Gasteiger partial charge in [-0.15, -0.1) is 0 Å². The molecule has 0 aliphatic rings. The van der Waals surface area contributed by atoms with Crippen LogP contribution in [0.2, 0.25) is 0 Å². The van der Waals surface area contributed by atoms with E-state index in [2.05, 4.69) is 4.98 Å². The Morgan fingerprint density at radius 1 is 1.57 bits per heavy atom. The first-order chi connectivity index (χ1) is 6.69. The van der Waals surface area contributed by atoms with Crippen LogP contribution in [0.1, 0.15) is 17.3 Å². The number of amides is 1. The van der Waals surface area contributed by atoms with Crippen molar-refractivity contribution in [2.75, 3.05) is 20.7 Å². The van der Waals surface area contributed by atoms with Crippen molar-refractivity contribution in [3.8, 4) is 5.88 Å². The maximum absolute atomic E-state index is 11.6. The zero-order valence-electron chi connectivity index (χ0n) is 8.65. The second kappa shape index (κ2) is 4.60. The molecule has 4 nitrogen and oxygen atoms in total. The minimum atomic E-state index is -0.0253. The first-order valence-corrected chi connectivity index (χ1v) is 4.44. The molecule has 76 valence electrons. The highest BCUT2D eigenvalue weighted by Crippen LogP contribution is 2.08. The van der Waals surface area contributed by atoms with Gasteiger partial charge >= 0.3 is 0 Å². The van der Waals surface area contributed by atoms with Gasteiger partial charge in [0.1, 0.15) is 0 Å². The van der Waals surface area contributed by atoms with Crippen LogP contribution in [-0.2, 0) is 0 Å². The lowest BCUT2D eigenvalue weighted by Crippen LogP contribution is -2.26. The number of carbonyl (C=O) groups is 1. The second-order valence-electron chi connectivity index (χ2n) is 2.91. The van der Waals surface area contributed by atoms with Crippen LogP contribution in [0.15, 0.2) is 18.3 Å². The predicted octanol–water partition coefficient (Wildman–Crippen LogP) is 1.18. The summed E-state index contributed by atoms with van der Waals surface area (Å²) in [5.74, 6) is 0.489. The number of pyridine rings is 1. The van der Waals surface area contributed by atoms with Crippen molar-refractivity contribution in [2.24, 2.45) is 0 Å². The maximum Gasteiger partial charge on any atom is 0.255 e. The van der Waals surface area contributed by atoms with E-state index in [-0.39, 0.29) is 5.91 Å². The summed E-state index contributed by atoms with van der Waals surface area (Å²) in [5.41, 5.74) is 0.579. The monoisotopic (exact) mass is 194 g/mol. The summed E-state index contributed by atoms with van der Waals surface area (Å²) >= 11 is 0. The largest absolute Gasteiger partial charge is 0.481 e. The zero-order valence-corrected chi connectivity index (χ0v) is 8.65. The Morgan fingerprint density at radius 3 is 2.71 bits per heavy atom. The molecule has 1 aromatic heterocycles. The number of carbonyl (C=O) groups excluding carboxylic acids is 1. The number of aromatic nitrogens is 1. The van der Waals surface area contributed by atoms with E-state index in [4.69, 9.17) is 4.74 Å². The fraction of sp³-hybridized carbons (Fsp3) is 0.400. The molecular weight excluding hydrogens is 180 g/mol. The molecule has 0 aromatic carbocycles. The molecule has 0 spiro atoms. The van der Waals surface area contributed by atoms with E-state index in [1.807, 2.05) is 6.92 Å². The van der Waals surface area contributed by atoms with E-state index in [0.717, 1.165) is 0 Å². The quantitative estimate of drug-likeness (QED) is 0.725. The molecule has 0 atom stereocenters. The number of rotatable bonds is 3. The van der Waals surface area contributed by atoms with E-state index in [0.29, 0.717) is 18.0 Å². The van der Waals surface area contributed by atoms with Gasteiger partial charge in [0.25, 0.3) is 5.91 Å². The summed E-state index contributed by atoms with van der Waals surface area (Å²) in [4.78, 5) is 17.2. The van der Waals surface area contributed by atoms with Crippen LogP contribution >= 0.6 is 0 Å². The Kier molecular flexibility index (Phi) is 3.45. The maximum atomic E-state index is 11.6. The molecule has 14 heavy (non-hydrogen) atoms. The summed E-state index contributed by atoms with van der Waals surface area (Å²) in [6.07, 6.45) is 1.52. The van der Waals surface area contributed by atoms with Crippen LogP contribution < -0.4 is 4.74 Å². The highest BCUT2D eigenvalue weighted by atomic mass is 16.5. The Hall–Kier alpha value is -1.58. The van der Waals surface area contributed by atoms with Crippen molar-refractivity contribution in [1.29, 1.82) is 0 Å². The molecule has 0 radical (unpaired) electrons. The fourth-order valence-electron chi connectivity index (χ4n) is 0.992. The Balaban J connectivity index is 2.81. The average molecular weight is 194 g/mol. The van der Waals surface area contributed by atoms with Crippen molar-refractivity contribution < 1.29 is 9.53 Å². The predicted molar refractivity (Wildman–Crippen MR) is 53.4 cm³/mol. The first-order valence-electron chi connectivity index (χ1n) is 4.44. The van der Waals surface area contributed by atoms with Gasteiger partial charge < -0.3 is 9.64 Å². The van der Waals surface area contributed by atoms with Crippen LogP contribution in [0.3, 0.4) is 0 Å². The smallest absolute Gasteiger partial charge is 0.255 e. The van der Waals surface area contributed by atoms with Crippen LogP contribution in [0, 0.1) is 0 Å². The summed E-state index contributed by atoms with van der Waals surface area (Å²) in [6.45, 7) is 2.61. The van der Waals surface area contributed by atoms with Crippen molar-refractivity contribution in [1.82, 2.24) is 9.88 Å². The van der Waals surface area contributed by atoms with Gasteiger partial charge in [0.2, 0.25) is 5.88 Å². The summed E-state index contributed by atoms with van der Waals surface area (Å²) in [6, 6.07) is 3.39. The topological polar surface area (TPSA) is 42.4 Å². The Bertz CT molecular complexity index is 308. The van der Waals surface area contributed by atoms with E-state index in [1.165, 1.54) is 6.20 Å². The number of hydrogen-bond acceptors (Lipinski definition) is 3. The zero-order chi connectivity index (χ0) is 10.6. The summed E-state index contributed by atoms with van der Waals surface area (Å²) < 4.78 is 4.90. The molecule has 0 saturated heterocycles. The third kappa shape index (κ3) is 2.22. The third-order valence-corrected chi connectivity index (χ3v) is 2.01.